The minimum atomic E-state index is -0.363. The SMILES string of the molecule is O=c1[nH]ncc(N2CCc3c(ncn3CCc3ccccc3)C2)c1Cl. The zero-order valence-corrected chi connectivity index (χ0v) is 14.4. The number of halogens is 1. The maximum atomic E-state index is 11.7. The number of aromatic amines is 1. The summed E-state index contributed by atoms with van der Waals surface area (Å²) < 4.78 is 2.23. The number of H-pyrrole nitrogens is 1. The van der Waals surface area contributed by atoms with E-state index in [0.717, 1.165) is 31.6 Å². The average molecular weight is 356 g/mol. The van der Waals surface area contributed by atoms with Gasteiger partial charge in [-0.25, -0.2) is 10.1 Å². The molecule has 1 aromatic carbocycles. The second-order valence-corrected chi connectivity index (χ2v) is 6.51. The van der Waals surface area contributed by atoms with Crippen molar-refractivity contribution < 1.29 is 0 Å². The van der Waals surface area contributed by atoms with Crippen molar-refractivity contribution in [3.8, 4) is 0 Å². The molecule has 0 fully saturated rings. The molecule has 6 nitrogen and oxygen atoms in total. The van der Waals surface area contributed by atoms with Gasteiger partial charge in [-0.3, -0.25) is 4.79 Å². The highest BCUT2D eigenvalue weighted by Crippen LogP contribution is 2.27. The molecular weight excluding hydrogens is 338 g/mol. The van der Waals surface area contributed by atoms with Crippen LogP contribution in [0.1, 0.15) is 17.0 Å². The van der Waals surface area contributed by atoms with E-state index in [1.54, 1.807) is 6.20 Å². The van der Waals surface area contributed by atoms with E-state index in [0.29, 0.717) is 12.2 Å². The quantitative estimate of drug-likeness (QED) is 0.780. The van der Waals surface area contributed by atoms with Crippen LogP contribution in [-0.2, 0) is 25.9 Å². The largest absolute Gasteiger partial charge is 0.362 e. The zero-order chi connectivity index (χ0) is 17.2. The Balaban J connectivity index is 1.51. The van der Waals surface area contributed by atoms with E-state index < -0.39 is 0 Å². The van der Waals surface area contributed by atoms with Crippen molar-refractivity contribution in [2.24, 2.45) is 0 Å². The van der Waals surface area contributed by atoms with Gasteiger partial charge in [0, 0.05) is 25.2 Å². The molecule has 0 saturated carbocycles. The smallest absolute Gasteiger partial charge is 0.285 e. The average Bonchev–Trinajstić information content (AvgIpc) is 3.05. The van der Waals surface area contributed by atoms with Crippen LogP contribution in [0.5, 0.6) is 0 Å². The summed E-state index contributed by atoms with van der Waals surface area (Å²) in [5.74, 6) is 0. The van der Waals surface area contributed by atoms with Gasteiger partial charge in [-0.2, -0.15) is 5.10 Å². The van der Waals surface area contributed by atoms with Crippen molar-refractivity contribution in [1.29, 1.82) is 0 Å². The number of benzene rings is 1. The summed E-state index contributed by atoms with van der Waals surface area (Å²) in [4.78, 5) is 18.3. The number of hydrogen-bond donors (Lipinski definition) is 1. The number of aryl methyl sites for hydroxylation is 2. The standard InChI is InChI=1S/C18H18ClN5O/c19-17-16(10-21-22-18(17)25)23-9-7-15-14(11-23)20-12-24(15)8-6-13-4-2-1-3-5-13/h1-5,10,12H,6-9,11H2,(H,22,25). The van der Waals surface area contributed by atoms with Crippen LogP contribution in [0.3, 0.4) is 0 Å². The van der Waals surface area contributed by atoms with Gasteiger partial charge in [0.05, 0.1) is 30.5 Å². The fourth-order valence-electron chi connectivity index (χ4n) is 3.26. The molecule has 25 heavy (non-hydrogen) atoms. The van der Waals surface area contributed by atoms with Crippen LogP contribution in [0.25, 0.3) is 0 Å². The van der Waals surface area contributed by atoms with E-state index in [2.05, 4.69) is 48.9 Å². The second-order valence-electron chi connectivity index (χ2n) is 6.14. The second kappa shape index (κ2) is 6.72. The lowest BCUT2D eigenvalue weighted by Crippen LogP contribution is -2.32. The van der Waals surface area contributed by atoms with Crippen LogP contribution < -0.4 is 10.5 Å². The number of aromatic nitrogens is 4. The van der Waals surface area contributed by atoms with Crippen LogP contribution in [0, 0.1) is 0 Å². The van der Waals surface area contributed by atoms with E-state index in [-0.39, 0.29) is 10.6 Å². The maximum Gasteiger partial charge on any atom is 0.285 e. The normalized spacial score (nSPS) is 13.7. The predicted molar refractivity (Wildman–Crippen MR) is 97.0 cm³/mol. The highest BCUT2D eigenvalue weighted by atomic mass is 35.5. The van der Waals surface area contributed by atoms with E-state index in [9.17, 15) is 4.79 Å². The van der Waals surface area contributed by atoms with Crippen molar-refractivity contribution in [2.45, 2.75) is 25.9 Å². The molecule has 1 N–H and O–H groups in total. The van der Waals surface area contributed by atoms with Gasteiger partial charge in [-0.15, -0.1) is 0 Å². The molecule has 0 unspecified atom stereocenters. The van der Waals surface area contributed by atoms with E-state index in [1.165, 1.54) is 11.3 Å². The van der Waals surface area contributed by atoms with Gasteiger partial charge in [0.1, 0.15) is 5.02 Å². The lowest BCUT2D eigenvalue weighted by atomic mass is 10.1. The van der Waals surface area contributed by atoms with Gasteiger partial charge in [0.15, 0.2) is 0 Å². The maximum absolute atomic E-state index is 11.7. The first kappa shape index (κ1) is 15.9. The fourth-order valence-corrected chi connectivity index (χ4v) is 3.47. The van der Waals surface area contributed by atoms with Crippen molar-refractivity contribution >= 4 is 17.3 Å². The molecule has 0 amide bonds. The monoisotopic (exact) mass is 355 g/mol. The lowest BCUT2D eigenvalue weighted by Gasteiger charge is -2.29. The molecule has 7 heteroatoms. The van der Waals surface area contributed by atoms with Gasteiger partial charge < -0.3 is 9.47 Å². The number of hydrogen-bond acceptors (Lipinski definition) is 4. The minimum absolute atomic E-state index is 0.182. The van der Waals surface area contributed by atoms with E-state index in [4.69, 9.17) is 11.6 Å². The predicted octanol–water partition coefficient (Wildman–Crippen LogP) is 2.43. The van der Waals surface area contributed by atoms with Crippen LogP contribution in [0.15, 0.2) is 47.7 Å². The first-order valence-electron chi connectivity index (χ1n) is 8.27. The Bertz CT molecular complexity index is 934. The number of nitrogens with one attached hydrogen (secondary N) is 1. The van der Waals surface area contributed by atoms with Crippen molar-refractivity contribution in [3.05, 3.63) is 75.2 Å². The van der Waals surface area contributed by atoms with Crippen LogP contribution in [-0.4, -0.2) is 26.3 Å². The van der Waals surface area contributed by atoms with Gasteiger partial charge in [0.2, 0.25) is 0 Å². The summed E-state index contributed by atoms with van der Waals surface area (Å²) in [6.45, 7) is 2.34. The molecule has 0 saturated heterocycles. The Kier molecular flexibility index (Phi) is 4.28. The molecule has 0 aliphatic carbocycles. The first-order valence-corrected chi connectivity index (χ1v) is 8.65. The third-order valence-electron chi connectivity index (χ3n) is 4.59. The van der Waals surface area contributed by atoms with Gasteiger partial charge >= 0.3 is 0 Å². The Morgan fingerprint density at radius 3 is 2.92 bits per heavy atom. The molecule has 128 valence electrons. The van der Waals surface area contributed by atoms with Crippen LogP contribution in [0.2, 0.25) is 5.02 Å². The molecular formula is C18H18ClN5O. The van der Waals surface area contributed by atoms with Gasteiger partial charge in [0.25, 0.3) is 5.56 Å². The number of imidazole rings is 1. The van der Waals surface area contributed by atoms with Gasteiger partial charge in [-0.1, -0.05) is 41.9 Å². The molecule has 4 rings (SSSR count). The Hall–Kier alpha value is -2.60. The third kappa shape index (κ3) is 3.17. The molecule has 0 bridgehead atoms. The number of anilines is 1. The molecule has 1 aliphatic heterocycles. The van der Waals surface area contributed by atoms with Crippen molar-refractivity contribution in [3.63, 3.8) is 0 Å². The third-order valence-corrected chi connectivity index (χ3v) is 4.96. The number of nitrogens with zero attached hydrogens (tertiary/aromatic N) is 4. The molecule has 0 spiro atoms. The minimum Gasteiger partial charge on any atom is -0.362 e. The van der Waals surface area contributed by atoms with Crippen molar-refractivity contribution in [1.82, 2.24) is 19.7 Å². The Morgan fingerprint density at radius 2 is 2.08 bits per heavy atom. The van der Waals surface area contributed by atoms with Gasteiger partial charge in [-0.05, 0) is 12.0 Å². The molecule has 3 aromatic rings. The topological polar surface area (TPSA) is 66.8 Å². The zero-order valence-electron chi connectivity index (χ0n) is 13.7. The Labute approximate surface area is 150 Å². The molecule has 1 aliphatic rings. The fraction of sp³-hybridized carbons (Fsp3) is 0.278. The highest BCUT2D eigenvalue weighted by Gasteiger charge is 2.23. The number of rotatable bonds is 4. The van der Waals surface area contributed by atoms with Crippen molar-refractivity contribution in [2.75, 3.05) is 11.4 Å². The first-order chi connectivity index (χ1) is 12.2. The van der Waals surface area contributed by atoms with Crippen LogP contribution >= 0.6 is 11.6 Å². The highest BCUT2D eigenvalue weighted by molar-refractivity contribution is 6.32. The summed E-state index contributed by atoms with van der Waals surface area (Å²) in [7, 11) is 0. The lowest BCUT2D eigenvalue weighted by molar-refractivity contribution is 0.624. The Morgan fingerprint density at radius 1 is 1.24 bits per heavy atom. The van der Waals surface area contributed by atoms with E-state index >= 15 is 0 Å². The summed E-state index contributed by atoms with van der Waals surface area (Å²) >= 11 is 6.13. The van der Waals surface area contributed by atoms with E-state index in [1.807, 2.05) is 12.4 Å². The molecule has 3 heterocycles. The molecule has 2 aromatic heterocycles. The molecule has 0 radical (unpaired) electrons. The summed E-state index contributed by atoms with van der Waals surface area (Å²) in [6, 6.07) is 10.5. The summed E-state index contributed by atoms with van der Waals surface area (Å²) in [5.41, 5.74) is 3.92. The summed E-state index contributed by atoms with van der Waals surface area (Å²) in [6.07, 6.45) is 5.36. The number of fused-ring (bicyclic) bond motifs is 1. The summed E-state index contributed by atoms with van der Waals surface area (Å²) in [5, 5.41) is 6.39. The van der Waals surface area contributed by atoms with Crippen LogP contribution in [0.4, 0.5) is 5.69 Å². The molecule has 0 atom stereocenters.